The zero-order valence-corrected chi connectivity index (χ0v) is 23.6. The maximum absolute atomic E-state index is 17.3. The molecule has 6 nitrogen and oxygen atoms in total. The van der Waals surface area contributed by atoms with Crippen molar-refractivity contribution in [3.8, 4) is 0 Å². The lowest BCUT2D eigenvalue weighted by atomic mass is 9.45. The number of halogens is 1. The van der Waals surface area contributed by atoms with Gasteiger partial charge in [-0.05, 0) is 76.7 Å². The van der Waals surface area contributed by atoms with Crippen molar-refractivity contribution in [3.63, 3.8) is 0 Å². The molecule has 0 aromatic carbocycles. The van der Waals surface area contributed by atoms with Crippen molar-refractivity contribution in [2.75, 3.05) is 26.2 Å². The molecular weight excluding hydrogens is 482 g/mol. The first-order valence-electron chi connectivity index (χ1n) is 13.3. The van der Waals surface area contributed by atoms with Crippen LogP contribution in [0.25, 0.3) is 0 Å². The van der Waals surface area contributed by atoms with Gasteiger partial charge in [0, 0.05) is 17.3 Å². The first kappa shape index (κ1) is 29.6. The third-order valence-corrected chi connectivity index (χ3v) is 10.7. The normalized spacial score (nSPS) is 41.6. The van der Waals surface area contributed by atoms with Crippen LogP contribution < -0.4 is 0 Å². The molecule has 1 N–H and O–H groups in total. The minimum Gasteiger partial charge on any atom is -0.390 e. The maximum Gasteiger partial charge on any atom is 0.198 e. The summed E-state index contributed by atoms with van der Waals surface area (Å²) in [6, 6.07) is 0. The molecular formula is C28H44FO6P. The van der Waals surface area contributed by atoms with Crippen LogP contribution in [0.15, 0.2) is 23.8 Å². The Bertz CT molecular complexity index is 857. The molecule has 3 aliphatic carbocycles. The van der Waals surface area contributed by atoms with Crippen molar-refractivity contribution in [1.82, 2.24) is 0 Å². The van der Waals surface area contributed by atoms with Gasteiger partial charge in [-0.15, -0.1) is 0 Å². The van der Waals surface area contributed by atoms with E-state index in [0.717, 1.165) is 18.3 Å². The van der Waals surface area contributed by atoms with Gasteiger partial charge in [-0.2, -0.15) is 0 Å². The van der Waals surface area contributed by atoms with Gasteiger partial charge in [-0.25, -0.2) is 4.39 Å². The van der Waals surface area contributed by atoms with E-state index >= 15 is 4.39 Å². The van der Waals surface area contributed by atoms with Crippen molar-refractivity contribution in [2.24, 2.45) is 34.5 Å². The minimum absolute atomic E-state index is 0.00238. The Hall–Kier alpha value is -0.980. The standard InChI is InChI=1S/C28H44FO6P/c1-7-13-27(6)20(12-14-30)10-11-21-22-15-19(4)25(26(22,5)16-24(32)28(21,27)29)23(31)17-33-18-36(34-8-2)35-9-3/h7,12-14,19,21-22,24-25,32H,8-11,15-18H2,1-6H3/b13-7-,20-12-/t19-,21?,22+,24?,25?,26?,27?,28+/m1/s1. The predicted octanol–water partition coefficient (Wildman–Crippen LogP) is 5.78. The van der Waals surface area contributed by atoms with Crippen molar-refractivity contribution < 1.29 is 32.9 Å². The number of fused-ring (bicyclic) bond motifs is 3. The van der Waals surface area contributed by atoms with E-state index < -0.39 is 36.9 Å². The highest BCUT2D eigenvalue weighted by atomic mass is 31.2. The average Bonchev–Trinajstić information content (AvgIpc) is 3.07. The van der Waals surface area contributed by atoms with Gasteiger partial charge in [0.05, 0.1) is 19.3 Å². The lowest BCUT2D eigenvalue weighted by Gasteiger charge is -2.61. The summed E-state index contributed by atoms with van der Waals surface area (Å²) in [7, 11) is -1.19. The zero-order valence-electron chi connectivity index (χ0n) is 22.7. The Kier molecular flexibility index (Phi) is 9.71. The fourth-order valence-corrected chi connectivity index (χ4v) is 8.99. The molecule has 0 radical (unpaired) electrons. The van der Waals surface area contributed by atoms with Crippen LogP contribution in [-0.4, -0.2) is 55.1 Å². The Morgan fingerprint density at radius 3 is 2.47 bits per heavy atom. The predicted molar refractivity (Wildman–Crippen MR) is 139 cm³/mol. The molecule has 5 unspecified atom stereocenters. The molecule has 0 heterocycles. The quantitative estimate of drug-likeness (QED) is 0.159. The van der Waals surface area contributed by atoms with Crippen LogP contribution in [0, 0.1) is 34.5 Å². The molecule has 3 fully saturated rings. The number of ketones is 1. The van der Waals surface area contributed by atoms with Crippen LogP contribution in [0.4, 0.5) is 4.39 Å². The molecule has 3 rings (SSSR count). The molecule has 0 amide bonds. The summed E-state index contributed by atoms with van der Waals surface area (Å²) < 4.78 is 34.2. The fraction of sp³-hybridized carbons (Fsp3) is 0.786. The lowest BCUT2D eigenvalue weighted by Crippen LogP contribution is -2.66. The number of aldehydes is 1. The van der Waals surface area contributed by atoms with E-state index in [4.69, 9.17) is 13.8 Å². The number of rotatable bonds is 11. The van der Waals surface area contributed by atoms with Crippen LogP contribution in [0.3, 0.4) is 0 Å². The topological polar surface area (TPSA) is 82.1 Å². The summed E-state index contributed by atoms with van der Waals surface area (Å²) in [5.41, 5.74) is -2.77. The van der Waals surface area contributed by atoms with E-state index in [9.17, 15) is 14.7 Å². The van der Waals surface area contributed by atoms with Gasteiger partial charge in [0.15, 0.2) is 19.8 Å². The maximum atomic E-state index is 17.3. The highest BCUT2D eigenvalue weighted by Gasteiger charge is 2.71. The number of aliphatic hydroxyl groups is 1. The molecule has 0 aromatic rings. The first-order chi connectivity index (χ1) is 17.0. The third kappa shape index (κ3) is 4.91. The second kappa shape index (κ2) is 11.8. The summed E-state index contributed by atoms with van der Waals surface area (Å²) in [6.07, 6.45) is 6.89. The number of alkyl halides is 1. The van der Waals surface area contributed by atoms with Gasteiger partial charge in [-0.1, -0.05) is 31.6 Å². The highest BCUT2D eigenvalue weighted by Crippen LogP contribution is 2.69. The number of carbonyl (C=O) groups excluding carboxylic acids is 2. The molecule has 36 heavy (non-hydrogen) atoms. The number of hydrogen-bond acceptors (Lipinski definition) is 6. The van der Waals surface area contributed by atoms with Crippen molar-refractivity contribution in [3.05, 3.63) is 23.8 Å². The molecule has 3 aliphatic rings. The van der Waals surface area contributed by atoms with Gasteiger partial charge in [0.2, 0.25) is 0 Å². The van der Waals surface area contributed by atoms with E-state index in [2.05, 4.69) is 13.8 Å². The number of Topliss-reactive ketones (excluding diaryl/α,β-unsaturated/α-hetero) is 1. The van der Waals surface area contributed by atoms with Crippen LogP contribution in [0.1, 0.15) is 67.2 Å². The Morgan fingerprint density at radius 2 is 1.89 bits per heavy atom. The average molecular weight is 527 g/mol. The van der Waals surface area contributed by atoms with Gasteiger partial charge in [-0.3, -0.25) is 9.59 Å². The third-order valence-electron chi connectivity index (χ3n) is 9.19. The summed E-state index contributed by atoms with van der Waals surface area (Å²) in [6.45, 7) is 12.6. The summed E-state index contributed by atoms with van der Waals surface area (Å²) in [4.78, 5) is 24.9. The summed E-state index contributed by atoms with van der Waals surface area (Å²) in [5.74, 6) is -0.692. The van der Waals surface area contributed by atoms with Crippen molar-refractivity contribution in [1.29, 1.82) is 0 Å². The van der Waals surface area contributed by atoms with Gasteiger partial charge >= 0.3 is 0 Å². The minimum atomic E-state index is -1.91. The monoisotopic (exact) mass is 526 g/mol. The van der Waals surface area contributed by atoms with E-state index in [0.29, 0.717) is 26.1 Å². The molecule has 8 heteroatoms. The summed E-state index contributed by atoms with van der Waals surface area (Å²) in [5, 5.41) is 11.5. The molecule has 204 valence electrons. The van der Waals surface area contributed by atoms with Crippen LogP contribution in [0.2, 0.25) is 0 Å². The Morgan fingerprint density at radius 1 is 1.22 bits per heavy atom. The zero-order chi connectivity index (χ0) is 26.7. The van der Waals surface area contributed by atoms with Crippen LogP contribution in [0.5, 0.6) is 0 Å². The van der Waals surface area contributed by atoms with Gasteiger partial charge in [0.1, 0.15) is 19.2 Å². The Labute approximate surface area is 216 Å². The molecule has 0 aromatic heterocycles. The first-order valence-corrected chi connectivity index (χ1v) is 14.7. The van der Waals surface area contributed by atoms with E-state index in [-0.39, 0.29) is 42.9 Å². The number of allylic oxidation sites excluding steroid dienone is 4. The van der Waals surface area contributed by atoms with E-state index in [1.807, 2.05) is 39.8 Å². The SMILES string of the molecule is C/C=C\C1(C)/C(=C\C=O)CCC2[C@@H]3C[C@@H](C)C(C(=O)COCP(OCC)OCC)C3(C)CC(O)[C@@]21F. The summed E-state index contributed by atoms with van der Waals surface area (Å²) >= 11 is 0. The molecule has 8 atom stereocenters. The molecule has 3 saturated carbocycles. The Balaban J connectivity index is 1.85. The van der Waals surface area contributed by atoms with Gasteiger partial charge < -0.3 is 18.9 Å². The molecule has 0 saturated heterocycles. The second-order valence-corrected chi connectivity index (χ2v) is 12.5. The smallest absolute Gasteiger partial charge is 0.198 e. The van der Waals surface area contributed by atoms with E-state index in [1.54, 1.807) is 0 Å². The number of carbonyl (C=O) groups is 2. The highest BCUT2D eigenvalue weighted by molar-refractivity contribution is 7.47. The largest absolute Gasteiger partial charge is 0.390 e. The second-order valence-electron chi connectivity index (χ2n) is 11.1. The van der Waals surface area contributed by atoms with Crippen LogP contribution >= 0.6 is 8.38 Å². The molecule has 0 spiro atoms. The number of hydrogen-bond donors (Lipinski definition) is 1. The lowest BCUT2D eigenvalue weighted by molar-refractivity contribution is -0.195. The fourth-order valence-electron chi connectivity index (χ4n) is 7.96. The van der Waals surface area contributed by atoms with E-state index in [1.165, 1.54) is 6.08 Å². The van der Waals surface area contributed by atoms with Crippen molar-refractivity contribution >= 4 is 20.4 Å². The molecule has 0 bridgehead atoms. The number of ether oxygens (including phenoxy) is 1. The molecule has 0 aliphatic heterocycles. The van der Waals surface area contributed by atoms with Crippen LogP contribution in [-0.2, 0) is 23.4 Å². The number of aliphatic hydroxyl groups excluding tert-OH is 1. The van der Waals surface area contributed by atoms with Gasteiger partial charge in [0.25, 0.3) is 0 Å². The van der Waals surface area contributed by atoms with Crippen molar-refractivity contribution in [2.45, 2.75) is 79.0 Å².